The van der Waals surface area contributed by atoms with Crippen molar-refractivity contribution in [3.63, 3.8) is 0 Å². The van der Waals surface area contributed by atoms with E-state index in [4.69, 9.17) is 12.2 Å². The summed E-state index contributed by atoms with van der Waals surface area (Å²) < 4.78 is 2.67. The molecule has 0 atom stereocenters. The lowest BCUT2D eigenvalue weighted by Crippen LogP contribution is -2.38. The summed E-state index contributed by atoms with van der Waals surface area (Å²) in [6, 6.07) is 14.5. The maximum Gasteiger partial charge on any atom is 0.255 e. The minimum atomic E-state index is -0.191. The molecular formula is C24H27N5O2S. The van der Waals surface area contributed by atoms with Gasteiger partial charge in [0, 0.05) is 42.4 Å². The van der Waals surface area contributed by atoms with Crippen LogP contribution in [-0.2, 0) is 6.54 Å². The van der Waals surface area contributed by atoms with Gasteiger partial charge in [0.15, 0.2) is 4.77 Å². The van der Waals surface area contributed by atoms with Gasteiger partial charge in [0.25, 0.3) is 11.8 Å². The third kappa shape index (κ3) is 4.50. The van der Waals surface area contributed by atoms with E-state index in [1.807, 2.05) is 46.7 Å². The Hall–Kier alpha value is -3.26. The third-order valence-electron chi connectivity index (χ3n) is 6.02. The number of H-pyrrole nitrogens is 1. The number of nitrogens with zero attached hydrogens (tertiary/aromatic N) is 3. The average Bonchev–Trinajstić information content (AvgIpc) is 3.21. The Labute approximate surface area is 192 Å². The van der Waals surface area contributed by atoms with Crippen LogP contribution in [0.1, 0.15) is 57.8 Å². The van der Waals surface area contributed by atoms with Gasteiger partial charge in [-0.25, -0.2) is 0 Å². The molecule has 0 radical (unpaired) electrons. The van der Waals surface area contributed by atoms with Crippen LogP contribution in [-0.4, -0.2) is 44.6 Å². The van der Waals surface area contributed by atoms with Crippen molar-refractivity contribution in [3.05, 3.63) is 75.8 Å². The molecule has 0 unspecified atom stereocenters. The molecule has 2 N–H and O–H groups in total. The molecule has 1 fully saturated rings. The van der Waals surface area contributed by atoms with Gasteiger partial charge in [-0.3, -0.25) is 14.7 Å². The molecule has 1 aliphatic rings. The zero-order valence-corrected chi connectivity index (χ0v) is 19.1. The first kappa shape index (κ1) is 22.0. The molecule has 1 aromatic heterocycles. The summed E-state index contributed by atoms with van der Waals surface area (Å²) in [6.45, 7) is 6.07. The molecule has 2 aromatic carbocycles. The third-order valence-corrected chi connectivity index (χ3v) is 6.33. The minimum Gasteiger partial charge on any atom is -0.339 e. The highest BCUT2D eigenvalue weighted by molar-refractivity contribution is 7.71. The first-order valence-electron chi connectivity index (χ1n) is 10.9. The van der Waals surface area contributed by atoms with E-state index in [1.54, 1.807) is 18.2 Å². The number of benzene rings is 2. The predicted octanol–water partition coefficient (Wildman–Crippen LogP) is 4.54. The van der Waals surface area contributed by atoms with E-state index in [2.05, 4.69) is 22.4 Å². The number of hydrogen-bond donors (Lipinski definition) is 2. The van der Waals surface area contributed by atoms with Crippen molar-refractivity contribution < 1.29 is 9.59 Å². The van der Waals surface area contributed by atoms with Gasteiger partial charge < -0.3 is 14.8 Å². The summed E-state index contributed by atoms with van der Waals surface area (Å²) in [4.78, 5) is 27.6. The summed E-state index contributed by atoms with van der Waals surface area (Å²) in [5.74, 6) is 1.05. The van der Waals surface area contributed by atoms with Crippen LogP contribution in [0, 0.1) is 11.7 Å². The molecule has 0 aliphatic carbocycles. The quantitative estimate of drug-likeness (QED) is 0.560. The maximum absolute atomic E-state index is 13.2. The molecule has 7 nitrogen and oxygen atoms in total. The van der Waals surface area contributed by atoms with E-state index in [0.717, 1.165) is 30.8 Å². The molecular weight excluding hydrogens is 422 g/mol. The number of carbonyl (C=O) groups excluding carboxylic acids is 2. The van der Waals surface area contributed by atoms with E-state index in [9.17, 15) is 9.59 Å². The standard InChI is InChI=1S/C24H27N5O2S/c1-3-29-21(26-27-24(29)32)17-11-13-28(14-12-17)23(31)19-10-9-16(2)20(15-19)25-22(30)18-7-5-4-6-8-18/h4-10,15,17H,3,11-14H2,1-2H3,(H,25,30)(H,27,32). The highest BCUT2D eigenvalue weighted by Gasteiger charge is 2.27. The first-order chi connectivity index (χ1) is 15.5. The Morgan fingerprint density at radius 1 is 1.12 bits per heavy atom. The summed E-state index contributed by atoms with van der Waals surface area (Å²) in [7, 11) is 0. The Morgan fingerprint density at radius 2 is 1.84 bits per heavy atom. The second-order valence-corrected chi connectivity index (χ2v) is 8.43. The van der Waals surface area contributed by atoms with Crippen molar-refractivity contribution in [3.8, 4) is 0 Å². The van der Waals surface area contributed by atoms with Crippen LogP contribution in [0.15, 0.2) is 48.5 Å². The topological polar surface area (TPSA) is 83.0 Å². The zero-order chi connectivity index (χ0) is 22.7. The number of nitrogens with one attached hydrogen (secondary N) is 2. The van der Waals surface area contributed by atoms with Crippen LogP contribution >= 0.6 is 12.2 Å². The van der Waals surface area contributed by atoms with Crippen molar-refractivity contribution in [2.24, 2.45) is 0 Å². The molecule has 0 saturated carbocycles. The molecule has 4 rings (SSSR count). The molecule has 2 amide bonds. The number of aromatic nitrogens is 3. The molecule has 0 bridgehead atoms. The van der Waals surface area contributed by atoms with E-state index in [-0.39, 0.29) is 17.7 Å². The highest BCUT2D eigenvalue weighted by Crippen LogP contribution is 2.28. The van der Waals surface area contributed by atoms with Gasteiger partial charge in [-0.1, -0.05) is 24.3 Å². The molecule has 1 aliphatic heterocycles. The number of hydrogen-bond acceptors (Lipinski definition) is 4. The second kappa shape index (κ2) is 9.48. The van der Waals surface area contributed by atoms with Gasteiger partial charge in [-0.2, -0.15) is 5.10 Å². The smallest absolute Gasteiger partial charge is 0.255 e. The number of aryl methyl sites for hydroxylation is 1. The number of carbonyl (C=O) groups is 2. The zero-order valence-electron chi connectivity index (χ0n) is 18.3. The predicted molar refractivity (Wildman–Crippen MR) is 127 cm³/mol. The van der Waals surface area contributed by atoms with Crippen LogP contribution in [0.4, 0.5) is 5.69 Å². The number of rotatable bonds is 5. The summed E-state index contributed by atoms with van der Waals surface area (Å²) in [5.41, 5.74) is 2.72. The minimum absolute atomic E-state index is 0.0204. The van der Waals surface area contributed by atoms with Gasteiger partial charge in [-0.15, -0.1) is 0 Å². The number of anilines is 1. The van der Waals surface area contributed by atoms with Gasteiger partial charge in [0.2, 0.25) is 0 Å². The fourth-order valence-corrected chi connectivity index (χ4v) is 4.41. The van der Waals surface area contributed by atoms with Crippen molar-refractivity contribution in [2.75, 3.05) is 18.4 Å². The van der Waals surface area contributed by atoms with Crippen LogP contribution in [0.2, 0.25) is 0 Å². The highest BCUT2D eigenvalue weighted by atomic mass is 32.1. The molecule has 166 valence electrons. The lowest BCUT2D eigenvalue weighted by molar-refractivity contribution is 0.0710. The first-order valence-corrected chi connectivity index (χ1v) is 11.3. The van der Waals surface area contributed by atoms with Crippen molar-refractivity contribution in [1.82, 2.24) is 19.7 Å². The van der Waals surface area contributed by atoms with E-state index >= 15 is 0 Å². The van der Waals surface area contributed by atoms with Gasteiger partial charge in [0.05, 0.1) is 0 Å². The monoisotopic (exact) mass is 449 g/mol. The van der Waals surface area contributed by atoms with Gasteiger partial charge in [-0.05, 0) is 68.7 Å². The SMILES string of the molecule is CCn1c(C2CCN(C(=O)c3ccc(C)c(NC(=O)c4ccccc4)c3)CC2)n[nH]c1=S. The summed E-state index contributed by atoms with van der Waals surface area (Å²) in [5, 5.41) is 10.2. The largest absolute Gasteiger partial charge is 0.339 e. The van der Waals surface area contributed by atoms with Crippen LogP contribution < -0.4 is 5.32 Å². The molecule has 1 saturated heterocycles. The molecule has 2 heterocycles. The second-order valence-electron chi connectivity index (χ2n) is 8.05. The van der Waals surface area contributed by atoms with E-state index in [0.29, 0.717) is 34.7 Å². The molecule has 3 aromatic rings. The van der Waals surface area contributed by atoms with Crippen LogP contribution in [0.25, 0.3) is 0 Å². The number of aromatic amines is 1. The van der Waals surface area contributed by atoms with E-state index in [1.165, 1.54) is 0 Å². The Bertz CT molecular complexity index is 1180. The van der Waals surface area contributed by atoms with Crippen molar-refractivity contribution >= 4 is 29.7 Å². The lowest BCUT2D eigenvalue weighted by atomic mass is 9.95. The molecule has 0 spiro atoms. The van der Waals surface area contributed by atoms with Crippen LogP contribution in [0.5, 0.6) is 0 Å². The molecule has 8 heteroatoms. The average molecular weight is 450 g/mol. The summed E-state index contributed by atoms with van der Waals surface area (Å²) in [6.07, 6.45) is 1.68. The van der Waals surface area contributed by atoms with Crippen molar-refractivity contribution in [2.45, 2.75) is 39.2 Å². The Balaban J connectivity index is 1.44. The molecule has 32 heavy (non-hydrogen) atoms. The summed E-state index contributed by atoms with van der Waals surface area (Å²) >= 11 is 5.30. The maximum atomic E-state index is 13.2. The Morgan fingerprint density at radius 3 is 2.53 bits per heavy atom. The van der Waals surface area contributed by atoms with Gasteiger partial charge in [0.1, 0.15) is 5.82 Å². The lowest BCUT2D eigenvalue weighted by Gasteiger charge is -2.31. The Kier molecular flexibility index (Phi) is 6.50. The fourth-order valence-electron chi connectivity index (χ4n) is 4.14. The van der Waals surface area contributed by atoms with Crippen molar-refractivity contribution in [1.29, 1.82) is 0 Å². The normalized spacial score (nSPS) is 14.4. The number of amides is 2. The van der Waals surface area contributed by atoms with Crippen LogP contribution in [0.3, 0.4) is 0 Å². The number of likely N-dealkylation sites (tertiary alicyclic amines) is 1. The van der Waals surface area contributed by atoms with Gasteiger partial charge >= 0.3 is 0 Å². The number of piperidine rings is 1. The fraction of sp³-hybridized carbons (Fsp3) is 0.333. The van der Waals surface area contributed by atoms with E-state index < -0.39 is 0 Å².